The molecule has 0 fully saturated rings. The van der Waals surface area contributed by atoms with E-state index in [1.807, 2.05) is 0 Å². The lowest BCUT2D eigenvalue weighted by Crippen LogP contribution is -2.23. The number of carbonyl (C=O) groups excluding carboxylic acids is 1. The zero-order valence-corrected chi connectivity index (χ0v) is 8.97. The minimum absolute atomic E-state index is 0.313. The molecular formula is C9H6F6N2O2. The predicted octanol–water partition coefficient (Wildman–Crippen LogP) is 2.27. The van der Waals surface area contributed by atoms with Crippen LogP contribution in [0.25, 0.3) is 0 Å². The van der Waals surface area contributed by atoms with Crippen LogP contribution < -0.4 is 10.5 Å². The Morgan fingerprint density at radius 2 is 1.84 bits per heavy atom. The van der Waals surface area contributed by atoms with Gasteiger partial charge in [0.05, 0.1) is 0 Å². The summed E-state index contributed by atoms with van der Waals surface area (Å²) in [6.07, 6.45) is -10.3. The number of hydrogen-bond donors (Lipinski definition) is 1. The molecule has 0 unspecified atom stereocenters. The van der Waals surface area contributed by atoms with Gasteiger partial charge in [-0.2, -0.15) is 13.2 Å². The highest BCUT2D eigenvalue weighted by molar-refractivity contribution is 5.76. The molecule has 0 saturated carbocycles. The normalized spacial score (nSPS) is 12.4. The van der Waals surface area contributed by atoms with Crippen molar-refractivity contribution in [2.75, 3.05) is 0 Å². The summed E-state index contributed by atoms with van der Waals surface area (Å²) in [4.78, 5) is 13.6. The third-order valence-electron chi connectivity index (χ3n) is 1.97. The van der Waals surface area contributed by atoms with Crippen molar-refractivity contribution in [2.24, 2.45) is 5.73 Å². The fourth-order valence-corrected chi connectivity index (χ4v) is 1.29. The average Bonchev–Trinajstić information content (AvgIpc) is 2.24. The largest absolute Gasteiger partial charge is 0.573 e. The van der Waals surface area contributed by atoms with Gasteiger partial charge < -0.3 is 10.5 Å². The van der Waals surface area contributed by atoms with Crippen LogP contribution in [-0.2, 0) is 12.7 Å². The third-order valence-corrected chi connectivity index (χ3v) is 1.97. The highest BCUT2D eigenvalue weighted by atomic mass is 19.4. The topological polar surface area (TPSA) is 65.2 Å². The van der Waals surface area contributed by atoms with Gasteiger partial charge in [0.15, 0.2) is 6.29 Å². The van der Waals surface area contributed by atoms with Crippen LogP contribution in [0, 0.1) is 0 Å². The van der Waals surface area contributed by atoms with Crippen LogP contribution in [0.2, 0.25) is 0 Å². The first-order valence-electron chi connectivity index (χ1n) is 4.60. The molecule has 0 aromatic carbocycles. The molecule has 1 rings (SSSR count). The monoisotopic (exact) mass is 288 g/mol. The van der Waals surface area contributed by atoms with Gasteiger partial charge in [-0.15, -0.1) is 13.2 Å². The SMILES string of the molecule is NCc1cnc(C=O)c(C(F)(F)F)c1OC(F)(F)F. The lowest BCUT2D eigenvalue weighted by Gasteiger charge is -2.18. The number of pyridine rings is 1. The molecule has 10 heteroatoms. The van der Waals surface area contributed by atoms with Gasteiger partial charge in [0.2, 0.25) is 0 Å². The van der Waals surface area contributed by atoms with Crippen molar-refractivity contribution in [2.45, 2.75) is 19.1 Å². The molecule has 1 heterocycles. The summed E-state index contributed by atoms with van der Waals surface area (Å²) in [5.41, 5.74) is 1.31. The maximum absolute atomic E-state index is 12.7. The minimum atomic E-state index is -5.36. The highest BCUT2D eigenvalue weighted by Gasteiger charge is 2.43. The van der Waals surface area contributed by atoms with E-state index in [1.165, 1.54) is 0 Å². The molecular weight excluding hydrogens is 282 g/mol. The van der Waals surface area contributed by atoms with E-state index in [1.54, 1.807) is 0 Å². The summed E-state index contributed by atoms with van der Waals surface area (Å²) in [6, 6.07) is 0. The summed E-state index contributed by atoms with van der Waals surface area (Å²) < 4.78 is 77.8. The molecule has 19 heavy (non-hydrogen) atoms. The van der Waals surface area contributed by atoms with Gasteiger partial charge in [-0.1, -0.05) is 0 Å². The second-order valence-electron chi connectivity index (χ2n) is 3.24. The van der Waals surface area contributed by atoms with E-state index in [2.05, 4.69) is 9.72 Å². The summed E-state index contributed by atoms with van der Waals surface area (Å²) in [5.74, 6) is -1.56. The van der Waals surface area contributed by atoms with Gasteiger partial charge in [-0.05, 0) is 0 Å². The van der Waals surface area contributed by atoms with E-state index in [0.29, 0.717) is 6.20 Å². The average molecular weight is 288 g/mol. The van der Waals surface area contributed by atoms with Gasteiger partial charge in [-0.25, -0.2) is 0 Å². The van der Waals surface area contributed by atoms with Crippen LogP contribution in [0.5, 0.6) is 5.75 Å². The number of aromatic nitrogens is 1. The van der Waals surface area contributed by atoms with Gasteiger partial charge in [-0.3, -0.25) is 9.78 Å². The number of carbonyl (C=O) groups is 1. The molecule has 0 atom stereocenters. The molecule has 0 aliphatic rings. The number of alkyl halides is 6. The van der Waals surface area contributed by atoms with Crippen molar-refractivity contribution in [3.8, 4) is 5.75 Å². The van der Waals surface area contributed by atoms with Crippen LogP contribution in [0.3, 0.4) is 0 Å². The zero-order chi connectivity index (χ0) is 14.8. The number of hydrogen-bond acceptors (Lipinski definition) is 4. The Balaban J connectivity index is 3.57. The number of nitrogens with zero attached hydrogens (tertiary/aromatic N) is 1. The molecule has 0 amide bonds. The Bertz CT molecular complexity index is 483. The molecule has 2 N–H and O–H groups in total. The molecule has 0 aliphatic heterocycles. The van der Waals surface area contributed by atoms with Crippen molar-refractivity contribution in [3.63, 3.8) is 0 Å². The maximum Gasteiger partial charge on any atom is 0.573 e. The van der Waals surface area contributed by atoms with E-state index in [4.69, 9.17) is 5.73 Å². The molecule has 106 valence electrons. The van der Waals surface area contributed by atoms with Gasteiger partial charge in [0.1, 0.15) is 17.0 Å². The third kappa shape index (κ3) is 3.56. The van der Waals surface area contributed by atoms with Crippen LogP contribution in [-0.4, -0.2) is 17.6 Å². The van der Waals surface area contributed by atoms with E-state index >= 15 is 0 Å². The van der Waals surface area contributed by atoms with Crippen molar-refractivity contribution in [1.82, 2.24) is 4.98 Å². The van der Waals surface area contributed by atoms with E-state index in [0.717, 1.165) is 0 Å². The maximum atomic E-state index is 12.7. The fraction of sp³-hybridized carbons (Fsp3) is 0.333. The van der Waals surface area contributed by atoms with Crippen molar-refractivity contribution in [3.05, 3.63) is 23.0 Å². The minimum Gasteiger partial charge on any atom is -0.405 e. The number of aldehydes is 1. The fourth-order valence-electron chi connectivity index (χ4n) is 1.29. The molecule has 1 aromatic heterocycles. The Morgan fingerprint density at radius 3 is 2.21 bits per heavy atom. The summed E-state index contributed by atoms with van der Waals surface area (Å²) in [5, 5.41) is 0. The quantitative estimate of drug-likeness (QED) is 0.684. The molecule has 0 aliphatic carbocycles. The smallest absolute Gasteiger partial charge is 0.405 e. The van der Waals surface area contributed by atoms with Crippen molar-refractivity contribution in [1.29, 1.82) is 0 Å². The number of ether oxygens (including phenoxy) is 1. The number of rotatable bonds is 3. The second kappa shape index (κ2) is 5.03. The molecule has 0 bridgehead atoms. The van der Waals surface area contributed by atoms with E-state index < -0.39 is 41.7 Å². The highest BCUT2D eigenvalue weighted by Crippen LogP contribution is 2.41. The first kappa shape index (κ1) is 15.2. The van der Waals surface area contributed by atoms with Crippen LogP contribution in [0.4, 0.5) is 26.3 Å². The number of halogens is 6. The molecule has 0 spiro atoms. The summed E-state index contributed by atoms with van der Waals surface area (Å²) >= 11 is 0. The predicted molar refractivity (Wildman–Crippen MR) is 49.2 cm³/mol. The molecule has 4 nitrogen and oxygen atoms in total. The van der Waals surface area contributed by atoms with Gasteiger partial charge in [0, 0.05) is 18.3 Å². The number of nitrogens with two attached hydrogens (primary N) is 1. The Labute approximate surface area is 102 Å². The lowest BCUT2D eigenvalue weighted by atomic mass is 10.1. The van der Waals surface area contributed by atoms with Crippen LogP contribution >= 0.6 is 0 Å². The molecule has 0 saturated heterocycles. The van der Waals surface area contributed by atoms with E-state index in [9.17, 15) is 31.1 Å². The standard InChI is InChI=1S/C9H6F6N2O2/c10-8(11,12)6-5(3-18)17-2-4(1-16)7(6)19-9(13,14)15/h2-3H,1,16H2. The Morgan fingerprint density at radius 1 is 1.26 bits per heavy atom. The van der Waals surface area contributed by atoms with Crippen molar-refractivity contribution >= 4 is 6.29 Å². The van der Waals surface area contributed by atoms with Crippen LogP contribution in [0.1, 0.15) is 21.6 Å². The zero-order valence-electron chi connectivity index (χ0n) is 8.97. The molecule has 0 radical (unpaired) electrons. The second-order valence-corrected chi connectivity index (χ2v) is 3.24. The summed E-state index contributed by atoms with van der Waals surface area (Å²) in [7, 11) is 0. The molecule has 1 aromatic rings. The van der Waals surface area contributed by atoms with Gasteiger partial charge in [0.25, 0.3) is 0 Å². The summed E-state index contributed by atoms with van der Waals surface area (Å²) in [6.45, 7) is -0.666. The Kier molecular flexibility index (Phi) is 4.03. The lowest BCUT2D eigenvalue weighted by molar-refractivity contribution is -0.276. The van der Waals surface area contributed by atoms with Gasteiger partial charge >= 0.3 is 12.5 Å². The first-order valence-corrected chi connectivity index (χ1v) is 4.60. The Hall–Kier alpha value is -1.84. The van der Waals surface area contributed by atoms with Crippen molar-refractivity contribution < 1.29 is 35.9 Å². The van der Waals surface area contributed by atoms with Crippen LogP contribution in [0.15, 0.2) is 6.20 Å². The first-order chi connectivity index (χ1) is 8.60. The van der Waals surface area contributed by atoms with E-state index in [-0.39, 0.29) is 6.29 Å².